The van der Waals surface area contributed by atoms with Crippen molar-refractivity contribution in [2.75, 3.05) is 24.8 Å². The molecule has 7 nitrogen and oxygen atoms in total. The predicted molar refractivity (Wildman–Crippen MR) is 106 cm³/mol. The van der Waals surface area contributed by atoms with Gasteiger partial charge in [-0.15, -0.1) is 11.8 Å². The van der Waals surface area contributed by atoms with Crippen LogP contribution in [0.25, 0.3) is 21.9 Å². The predicted octanol–water partition coefficient (Wildman–Crippen LogP) is 2.82. The molecule has 1 aliphatic rings. The lowest BCUT2D eigenvalue weighted by atomic mass is 10.1. The van der Waals surface area contributed by atoms with Gasteiger partial charge in [0.1, 0.15) is 18.0 Å². The van der Waals surface area contributed by atoms with Crippen LogP contribution in [-0.4, -0.2) is 46.1 Å². The minimum Gasteiger partial charge on any atom is -0.480 e. The highest BCUT2D eigenvalue weighted by molar-refractivity contribution is 7.99. The molecule has 9 heteroatoms. The number of fused-ring (bicyclic) bond motifs is 2. The van der Waals surface area contributed by atoms with Gasteiger partial charge in [-0.05, 0) is 30.5 Å². The molecule has 0 bridgehead atoms. The maximum Gasteiger partial charge on any atom is 0.323 e. The van der Waals surface area contributed by atoms with Crippen LogP contribution in [0.15, 0.2) is 34.0 Å². The largest absolute Gasteiger partial charge is 0.480 e. The highest BCUT2D eigenvalue weighted by atomic mass is 35.5. The first-order valence-electron chi connectivity index (χ1n) is 8.25. The average Bonchev–Trinajstić information content (AvgIpc) is 2.61. The van der Waals surface area contributed by atoms with Crippen molar-refractivity contribution in [3.8, 4) is 0 Å². The number of hydrogen-bond donors (Lipinski definition) is 2. The van der Waals surface area contributed by atoms with Gasteiger partial charge in [0, 0.05) is 5.39 Å². The molecule has 1 aromatic carbocycles. The Bertz CT molecular complexity index is 1130. The highest BCUT2D eigenvalue weighted by Crippen LogP contribution is 2.34. The minimum atomic E-state index is -1.03. The molecule has 27 heavy (non-hydrogen) atoms. The number of carbonyl (C=O) groups is 1. The fourth-order valence-corrected chi connectivity index (χ4v) is 4.23. The lowest BCUT2D eigenvalue weighted by Gasteiger charge is -2.27. The Morgan fingerprint density at radius 2 is 2.11 bits per heavy atom. The number of ether oxygens (including phenoxy) is 1. The van der Waals surface area contributed by atoms with Gasteiger partial charge >= 0.3 is 5.97 Å². The highest BCUT2D eigenvalue weighted by Gasteiger charge is 2.21. The molecule has 0 aliphatic carbocycles. The van der Waals surface area contributed by atoms with Crippen molar-refractivity contribution in [1.29, 1.82) is 0 Å². The maximum atomic E-state index is 13.0. The third kappa shape index (κ3) is 3.13. The van der Waals surface area contributed by atoms with Crippen LogP contribution in [0, 0.1) is 0 Å². The van der Waals surface area contributed by atoms with E-state index in [1.54, 1.807) is 28.8 Å². The summed E-state index contributed by atoms with van der Waals surface area (Å²) in [6.07, 6.45) is 1.84. The summed E-state index contributed by atoms with van der Waals surface area (Å²) in [4.78, 5) is 29.8. The molecule has 0 amide bonds. The quantitative estimate of drug-likeness (QED) is 0.498. The van der Waals surface area contributed by atoms with Gasteiger partial charge in [-0.1, -0.05) is 11.6 Å². The van der Waals surface area contributed by atoms with Crippen molar-refractivity contribution >= 4 is 57.1 Å². The summed E-state index contributed by atoms with van der Waals surface area (Å²) >= 11 is 7.68. The number of halogens is 1. The Kier molecular flexibility index (Phi) is 4.71. The summed E-state index contributed by atoms with van der Waals surface area (Å²) in [6.45, 7) is 0.849. The average molecular weight is 406 g/mol. The summed E-state index contributed by atoms with van der Waals surface area (Å²) in [5.74, 6) is -0.456. The molecular weight excluding hydrogens is 390 g/mol. The molecule has 1 saturated heterocycles. The standard InChI is InChI=1S/C18H16ClN3O4S/c1-27-17-12(19)4-2-10-15(17)22(6-14(23)24)18-11(16(10)25)3-5-13(21-18)20-9-7-26-8-9/h2-5,9H,6-8H2,1H3,(H,20,21)(H,23,24). The van der Waals surface area contributed by atoms with Crippen molar-refractivity contribution < 1.29 is 14.6 Å². The van der Waals surface area contributed by atoms with Crippen LogP contribution in [0.5, 0.6) is 0 Å². The third-order valence-electron chi connectivity index (χ3n) is 4.46. The molecule has 0 unspecified atom stereocenters. The summed E-state index contributed by atoms with van der Waals surface area (Å²) in [7, 11) is 0. The number of aliphatic carboxylic acids is 1. The Hall–Kier alpha value is -2.29. The molecule has 1 aliphatic heterocycles. The fraction of sp³-hybridized carbons (Fsp3) is 0.278. The molecule has 2 aromatic heterocycles. The van der Waals surface area contributed by atoms with E-state index in [9.17, 15) is 14.7 Å². The first-order valence-corrected chi connectivity index (χ1v) is 9.85. The van der Waals surface area contributed by atoms with E-state index in [1.165, 1.54) is 11.8 Å². The molecule has 2 N–H and O–H groups in total. The number of nitrogens with zero attached hydrogens (tertiary/aromatic N) is 2. The Labute approximate surface area is 163 Å². The van der Waals surface area contributed by atoms with Crippen LogP contribution in [0.4, 0.5) is 5.82 Å². The van der Waals surface area contributed by atoms with Gasteiger partial charge in [0.05, 0.1) is 40.1 Å². The van der Waals surface area contributed by atoms with Crippen LogP contribution in [0.3, 0.4) is 0 Å². The number of carboxylic acids is 1. The Balaban J connectivity index is 2.06. The number of anilines is 1. The van der Waals surface area contributed by atoms with E-state index in [1.807, 2.05) is 6.26 Å². The number of pyridine rings is 2. The second-order valence-electron chi connectivity index (χ2n) is 6.23. The number of rotatable bonds is 5. The van der Waals surface area contributed by atoms with Crippen molar-refractivity contribution in [2.45, 2.75) is 17.5 Å². The number of hydrogen-bond acceptors (Lipinski definition) is 6. The first-order chi connectivity index (χ1) is 13.0. The summed E-state index contributed by atoms with van der Waals surface area (Å²) in [5.41, 5.74) is 0.615. The minimum absolute atomic E-state index is 0.159. The molecule has 3 aromatic rings. The lowest BCUT2D eigenvalue weighted by molar-refractivity contribution is -0.137. The van der Waals surface area contributed by atoms with Gasteiger partial charge in [-0.2, -0.15) is 0 Å². The van der Waals surface area contributed by atoms with Gasteiger partial charge in [0.2, 0.25) is 0 Å². The van der Waals surface area contributed by atoms with Crippen LogP contribution in [0.1, 0.15) is 0 Å². The van der Waals surface area contributed by atoms with E-state index < -0.39 is 5.97 Å². The van der Waals surface area contributed by atoms with E-state index in [-0.39, 0.29) is 18.0 Å². The topological polar surface area (TPSA) is 93.5 Å². The Morgan fingerprint density at radius 1 is 1.37 bits per heavy atom. The smallest absolute Gasteiger partial charge is 0.323 e. The van der Waals surface area contributed by atoms with Gasteiger partial charge < -0.3 is 19.7 Å². The van der Waals surface area contributed by atoms with Crippen LogP contribution >= 0.6 is 23.4 Å². The second-order valence-corrected chi connectivity index (χ2v) is 7.46. The molecular formula is C18H16ClN3O4S. The van der Waals surface area contributed by atoms with E-state index in [2.05, 4.69) is 10.3 Å². The third-order valence-corrected chi connectivity index (χ3v) is 5.71. The van der Waals surface area contributed by atoms with E-state index in [0.717, 1.165) is 0 Å². The molecule has 3 heterocycles. The number of benzene rings is 1. The molecule has 0 radical (unpaired) electrons. The zero-order chi connectivity index (χ0) is 19.1. The first kappa shape index (κ1) is 18.1. The monoisotopic (exact) mass is 405 g/mol. The lowest BCUT2D eigenvalue weighted by Crippen LogP contribution is -2.40. The Morgan fingerprint density at radius 3 is 2.74 bits per heavy atom. The number of aromatic nitrogens is 2. The zero-order valence-corrected chi connectivity index (χ0v) is 15.9. The van der Waals surface area contributed by atoms with Crippen LogP contribution in [0.2, 0.25) is 5.02 Å². The van der Waals surface area contributed by atoms with Gasteiger partial charge in [-0.25, -0.2) is 4.98 Å². The van der Waals surface area contributed by atoms with Crippen LogP contribution in [-0.2, 0) is 16.1 Å². The molecule has 0 atom stereocenters. The molecule has 4 rings (SSSR count). The van der Waals surface area contributed by atoms with Gasteiger partial charge in [-0.3, -0.25) is 9.59 Å². The van der Waals surface area contributed by atoms with Gasteiger partial charge in [0.25, 0.3) is 0 Å². The number of thioether (sulfide) groups is 1. The molecule has 0 spiro atoms. The van der Waals surface area contributed by atoms with Crippen molar-refractivity contribution in [2.24, 2.45) is 0 Å². The maximum absolute atomic E-state index is 13.0. The van der Waals surface area contributed by atoms with Crippen molar-refractivity contribution in [3.05, 3.63) is 39.5 Å². The summed E-state index contributed by atoms with van der Waals surface area (Å²) in [5, 5.41) is 13.9. The van der Waals surface area contributed by atoms with E-state index in [0.29, 0.717) is 50.9 Å². The van der Waals surface area contributed by atoms with Gasteiger partial charge in [0.15, 0.2) is 5.43 Å². The molecule has 140 valence electrons. The van der Waals surface area contributed by atoms with Crippen molar-refractivity contribution in [3.63, 3.8) is 0 Å². The van der Waals surface area contributed by atoms with Crippen molar-refractivity contribution in [1.82, 2.24) is 9.55 Å². The number of nitrogens with one attached hydrogen (secondary N) is 1. The summed E-state index contributed by atoms with van der Waals surface area (Å²) in [6, 6.07) is 6.86. The van der Waals surface area contributed by atoms with E-state index >= 15 is 0 Å². The normalized spacial score (nSPS) is 14.4. The molecule has 1 fully saturated rings. The number of carboxylic acid groups (broad SMARTS) is 1. The fourth-order valence-electron chi connectivity index (χ4n) is 3.17. The van der Waals surface area contributed by atoms with E-state index in [4.69, 9.17) is 16.3 Å². The zero-order valence-electron chi connectivity index (χ0n) is 14.4. The SMILES string of the molecule is CSc1c(Cl)ccc2c(=O)c3ccc(NC4COC4)nc3n(CC(=O)O)c12. The summed E-state index contributed by atoms with van der Waals surface area (Å²) < 4.78 is 6.70. The second kappa shape index (κ2) is 7.03. The molecule has 0 saturated carbocycles. The van der Waals surface area contributed by atoms with Crippen LogP contribution < -0.4 is 10.7 Å².